The van der Waals surface area contributed by atoms with Crippen LogP contribution >= 0.6 is 11.3 Å². The summed E-state index contributed by atoms with van der Waals surface area (Å²) in [7, 11) is -3.58. The third-order valence-corrected chi connectivity index (χ3v) is 7.61. The Kier molecular flexibility index (Phi) is 5.39. The molecule has 0 atom stereocenters. The molecular formula is C20H21N3O4S2. The van der Waals surface area contributed by atoms with Crippen LogP contribution in [0.2, 0.25) is 0 Å². The number of ether oxygens (including phenoxy) is 1. The fraction of sp³-hybridized carbons (Fsp3) is 0.300. The molecule has 29 heavy (non-hydrogen) atoms. The summed E-state index contributed by atoms with van der Waals surface area (Å²) in [5.74, 6) is -0.325. The average molecular weight is 432 g/mol. The van der Waals surface area contributed by atoms with Crippen LogP contribution in [0.5, 0.6) is 0 Å². The molecule has 3 aromatic rings. The smallest absolute Gasteiger partial charge is 0.257 e. The SMILES string of the molecule is Cc1cc(C)c2nc(NC(=O)c3ccc(S(=O)(=O)N4CCOCC4)cc3)sc2c1. The summed E-state index contributed by atoms with van der Waals surface area (Å²) in [4.78, 5) is 17.3. The summed E-state index contributed by atoms with van der Waals surface area (Å²) >= 11 is 1.42. The first-order valence-electron chi connectivity index (χ1n) is 9.22. The van der Waals surface area contributed by atoms with E-state index < -0.39 is 10.0 Å². The minimum Gasteiger partial charge on any atom is -0.379 e. The molecule has 9 heteroatoms. The number of nitrogens with zero attached hydrogens (tertiary/aromatic N) is 2. The number of hydrogen-bond acceptors (Lipinski definition) is 6. The fourth-order valence-electron chi connectivity index (χ4n) is 3.31. The van der Waals surface area contributed by atoms with Crippen LogP contribution in [0.1, 0.15) is 21.5 Å². The van der Waals surface area contributed by atoms with E-state index in [9.17, 15) is 13.2 Å². The molecule has 0 aliphatic carbocycles. The summed E-state index contributed by atoms with van der Waals surface area (Å²) in [5, 5.41) is 3.33. The molecule has 1 aliphatic heterocycles. The Labute approximate surface area is 173 Å². The van der Waals surface area contributed by atoms with Gasteiger partial charge >= 0.3 is 0 Å². The van der Waals surface area contributed by atoms with E-state index in [0.29, 0.717) is 37.0 Å². The van der Waals surface area contributed by atoms with Crippen molar-refractivity contribution < 1.29 is 17.9 Å². The van der Waals surface area contributed by atoms with E-state index in [1.54, 1.807) is 0 Å². The number of rotatable bonds is 4. The van der Waals surface area contributed by atoms with Crippen LogP contribution in [-0.2, 0) is 14.8 Å². The number of aromatic nitrogens is 1. The van der Waals surface area contributed by atoms with Gasteiger partial charge in [-0.2, -0.15) is 4.31 Å². The minimum absolute atomic E-state index is 0.169. The quantitative estimate of drug-likeness (QED) is 0.685. The van der Waals surface area contributed by atoms with Crippen LogP contribution in [0.25, 0.3) is 10.2 Å². The van der Waals surface area contributed by atoms with Gasteiger partial charge in [0, 0.05) is 18.7 Å². The molecule has 152 valence electrons. The zero-order valence-electron chi connectivity index (χ0n) is 16.1. The molecule has 1 saturated heterocycles. The fourth-order valence-corrected chi connectivity index (χ4v) is 5.75. The van der Waals surface area contributed by atoms with Crippen LogP contribution in [0, 0.1) is 13.8 Å². The van der Waals surface area contributed by atoms with Gasteiger partial charge in [0.15, 0.2) is 5.13 Å². The highest BCUT2D eigenvalue weighted by Crippen LogP contribution is 2.29. The molecule has 0 saturated carbocycles. The first kappa shape index (κ1) is 20.0. The van der Waals surface area contributed by atoms with Crippen molar-refractivity contribution in [3.05, 3.63) is 53.1 Å². The largest absolute Gasteiger partial charge is 0.379 e. The van der Waals surface area contributed by atoms with Crippen molar-refractivity contribution in [2.75, 3.05) is 31.6 Å². The number of thiazole rings is 1. The molecule has 0 bridgehead atoms. The topological polar surface area (TPSA) is 88.6 Å². The highest BCUT2D eigenvalue weighted by atomic mass is 32.2. The number of benzene rings is 2. The highest BCUT2D eigenvalue weighted by Gasteiger charge is 2.26. The summed E-state index contributed by atoms with van der Waals surface area (Å²) in [5.41, 5.74) is 3.46. The summed E-state index contributed by atoms with van der Waals surface area (Å²) < 4.78 is 33.0. The monoisotopic (exact) mass is 431 g/mol. The summed E-state index contributed by atoms with van der Waals surface area (Å²) in [6.45, 7) is 5.47. The Morgan fingerprint density at radius 2 is 1.83 bits per heavy atom. The molecule has 1 fully saturated rings. The predicted molar refractivity (Wildman–Crippen MR) is 113 cm³/mol. The summed E-state index contributed by atoms with van der Waals surface area (Å²) in [6, 6.07) is 10.1. The second kappa shape index (κ2) is 7.83. The number of morpholine rings is 1. The number of amides is 1. The van der Waals surface area contributed by atoms with Crippen molar-refractivity contribution in [2.45, 2.75) is 18.7 Å². The van der Waals surface area contributed by atoms with Gasteiger partial charge in [-0.25, -0.2) is 13.4 Å². The van der Waals surface area contributed by atoms with Gasteiger partial charge in [0.25, 0.3) is 5.91 Å². The second-order valence-corrected chi connectivity index (χ2v) is 9.91. The second-order valence-electron chi connectivity index (χ2n) is 6.94. The zero-order chi connectivity index (χ0) is 20.6. The first-order valence-corrected chi connectivity index (χ1v) is 11.5. The van der Waals surface area contributed by atoms with E-state index in [1.165, 1.54) is 39.9 Å². The maximum atomic E-state index is 12.7. The summed E-state index contributed by atoms with van der Waals surface area (Å²) in [6.07, 6.45) is 0. The Bertz CT molecular complexity index is 1160. The van der Waals surface area contributed by atoms with Crippen molar-refractivity contribution in [2.24, 2.45) is 0 Å². The Morgan fingerprint density at radius 3 is 2.52 bits per heavy atom. The number of hydrogen-bond donors (Lipinski definition) is 1. The minimum atomic E-state index is -3.58. The van der Waals surface area contributed by atoms with E-state index in [-0.39, 0.29) is 10.8 Å². The number of fused-ring (bicyclic) bond motifs is 1. The lowest BCUT2D eigenvalue weighted by atomic mass is 10.1. The van der Waals surface area contributed by atoms with Crippen molar-refractivity contribution in [3.63, 3.8) is 0 Å². The van der Waals surface area contributed by atoms with E-state index in [2.05, 4.69) is 16.4 Å². The highest BCUT2D eigenvalue weighted by molar-refractivity contribution is 7.89. The average Bonchev–Trinajstić information content (AvgIpc) is 3.11. The number of carbonyl (C=O) groups is 1. The third kappa shape index (κ3) is 4.04. The zero-order valence-corrected chi connectivity index (χ0v) is 17.8. The van der Waals surface area contributed by atoms with Crippen molar-refractivity contribution in [1.82, 2.24) is 9.29 Å². The van der Waals surface area contributed by atoms with E-state index in [4.69, 9.17) is 4.74 Å². The maximum Gasteiger partial charge on any atom is 0.257 e. The predicted octanol–water partition coefficient (Wildman–Crippen LogP) is 3.19. The lowest BCUT2D eigenvalue weighted by Gasteiger charge is -2.26. The van der Waals surface area contributed by atoms with Crippen LogP contribution < -0.4 is 5.32 Å². The molecule has 1 aromatic heterocycles. The van der Waals surface area contributed by atoms with Gasteiger partial charge in [0.2, 0.25) is 10.0 Å². The molecule has 4 rings (SSSR count). The van der Waals surface area contributed by atoms with E-state index in [0.717, 1.165) is 21.3 Å². The Hall–Kier alpha value is -2.33. The molecule has 1 N–H and O–H groups in total. The molecule has 0 radical (unpaired) electrons. The van der Waals surface area contributed by atoms with Gasteiger partial charge < -0.3 is 4.74 Å². The van der Waals surface area contributed by atoms with Crippen molar-refractivity contribution >= 4 is 42.6 Å². The number of anilines is 1. The van der Waals surface area contributed by atoms with E-state index >= 15 is 0 Å². The van der Waals surface area contributed by atoms with Crippen LogP contribution in [0.15, 0.2) is 41.3 Å². The maximum absolute atomic E-state index is 12.7. The van der Waals surface area contributed by atoms with Gasteiger partial charge in [-0.3, -0.25) is 10.1 Å². The molecule has 1 aliphatic rings. The molecule has 1 amide bonds. The molecule has 0 unspecified atom stereocenters. The molecule has 2 heterocycles. The van der Waals surface area contributed by atoms with Crippen LogP contribution in [0.4, 0.5) is 5.13 Å². The Balaban J connectivity index is 1.52. The number of sulfonamides is 1. The lowest BCUT2D eigenvalue weighted by molar-refractivity contribution is 0.0730. The lowest BCUT2D eigenvalue weighted by Crippen LogP contribution is -2.40. The van der Waals surface area contributed by atoms with Gasteiger partial charge in [-0.1, -0.05) is 17.4 Å². The Morgan fingerprint density at radius 1 is 1.14 bits per heavy atom. The van der Waals surface area contributed by atoms with E-state index in [1.807, 2.05) is 19.9 Å². The van der Waals surface area contributed by atoms with Gasteiger partial charge in [-0.05, 0) is 55.3 Å². The number of carbonyl (C=O) groups excluding carboxylic acids is 1. The van der Waals surface area contributed by atoms with Crippen molar-refractivity contribution in [1.29, 1.82) is 0 Å². The van der Waals surface area contributed by atoms with Crippen LogP contribution in [-0.4, -0.2) is 49.9 Å². The van der Waals surface area contributed by atoms with Crippen molar-refractivity contribution in [3.8, 4) is 0 Å². The van der Waals surface area contributed by atoms with Gasteiger partial charge in [0.05, 0.1) is 28.3 Å². The number of nitrogens with one attached hydrogen (secondary N) is 1. The van der Waals surface area contributed by atoms with Gasteiger partial charge in [-0.15, -0.1) is 0 Å². The molecule has 7 nitrogen and oxygen atoms in total. The first-order chi connectivity index (χ1) is 13.8. The normalized spacial score (nSPS) is 15.5. The molecule has 2 aromatic carbocycles. The standard InChI is InChI=1S/C20H21N3O4S2/c1-13-11-14(2)18-17(12-13)28-20(21-18)22-19(24)15-3-5-16(6-4-15)29(25,26)23-7-9-27-10-8-23/h3-6,11-12H,7-10H2,1-2H3,(H,21,22,24). The van der Waals surface area contributed by atoms with Gasteiger partial charge in [0.1, 0.15) is 0 Å². The third-order valence-electron chi connectivity index (χ3n) is 4.77. The molecular weight excluding hydrogens is 410 g/mol. The molecule has 0 spiro atoms. The van der Waals surface area contributed by atoms with Crippen LogP contribution in [0.3, 0.4) is 0 Å². The number of aryl methyl sites for hydroxylation is 2.